The zero-order valence-electron chi connectivity index (χ0n) is 24.3. The van der Waals surface area contributed by atoms with E-state index >= 15 is 0 Å². The third-order valence-electron chi connectivity index (χ3n) is 8.10. The van der Waals surface area contributed by atoms with Crippen LogP contribution in [0.3, 0.4) is 0 Å². The van der Waals surface area contributed by atoms with E-state index in [0.717, 1.165) is 0 Å². The summed E-state index contributed by atoms with van der Waals surface area (Å²) >= 11 is 0. The van der Waals surface area contributed by atoms with Crippen LogP contribution in [0.4, 0.5) is 15.8 Å². The first kappa shape index (κ1) is 32.6. The molecule has 43 heavy (non-hydrogen) atoms. The average molecular weight is 595 g/mol. The fraction of sp³-hybridized carbons (Fsp3) is 0.303. The van der Waals surface area contributed by atoms with Gasteiger partial charge in [0.2, 0.25) is 11.8 Å². The van der Waals surface area contributed by atoms with E-state index in [2.05, 4.69) is 5.32 Å². The SMILES string of the molecule is CC(C)C1(C(=O)Nc2ccccc2)C(=O)N(CC[C@@H](O)C[C@@H](O)CC(=O)[O-])c2c1c1ccccc1c1cc(F)ccc21.[Na+]. The van der Waals surface area contributed by atoms with Crippen molar-refractivity contribution in [2.75, 3.05) is 16.8 Å². The van der Waals surface area contributed by atoms with E-state index in [4.69, 9.17) is 0 Å². The maximum absolute atomic E-state index is 14.7. The number of halogens is 1. The van der Waals surface area contributed by atoms with Crippen LogP contribution >= 0.6 is 0 Å². The summed E-state index contributed by atoms with van der Waals surface area (Å²) in [5.74, 6) is -3.37. The minimum absolute atomic E-state index is 0. The Bertz CT molecular complexity index is 1680. The van der Waals surface area contributed by atoms with E-state index in [1.165, 1.54) is 17.0 Å². The molecule has 0 saturated carbocycles. The van der Waals surface area contributed by atoms with Crippen LogP contribution in [0.1, 0.15) is 38.7 Å². The quantitative estimate of drug-likeness (QED) is 0.141. The molecule has 0 fully saturated rings. The molecule has 1 aliphatic heterocycles. The second-order valence-corrected chi connectivity index (χ2v) is 11.1. The minimum Gasteiger partial charge on any atom is -0.550 e. The molecule has 4 aromatic rings. The van der Waals surface area contributed by atoms with Gasteiger partial charge in [-0.3, -0.25) is 9.59 Å². The Kier molecular flexibility index (Phi) is 9.93. The number of aliphatic hydroxyl groups is 2. The Labute approximate surface area is 270 Å². The van der Waals surface area contributed by atoms with Crippen molar-refractivity contribution in [2.24, 2.45) is 5.92 Å². The third kappa shape index (κ3) is 5.92. The van der Waals surface area contributed by atoms with E-state index < -0.39 is 53.6 Å². The van der Waals surface area contributed by atoms with Crippen molar-refractivity contribution in [1.29, 1.82) is 0 Å². The summed E-state index contributed by atoms with van der Waals surface area (Å²) in [6, 6.07) is 20.5. The number of amides is 2. The topological polar surface area (TPSA) is 130 Å². The molecule has 2 amide bonds. The maximum Gasteiger partial charge on any atom is 1.00 e. The monoisotopic (exact) mass is 594 g/mol. The van der Waals surface area contributed by atoms with Crippen molar-refractivity contribution < 1.29 is 63.7 Å². The molecule has 0 saturated heterocycles. The zero-order chi connectivity index (χ0) is 30.2. The van der Waals surface area contributed by atoms with Crippen LogP contribution in [0.5, 0.6) is 0 Å². The van der Waals surface area contributed by atoms with E-state index in [9.17, 15) is 34.1 Å². The molecule has 0 spiro atoms. The van der Waals surface area contributed by atoms with Gasteiger partial charge in [0.1, 0.15) is 5.82 Å². The van der Waals surface area contributed by atoms with Gasteiger partial charge in [0.25, 0.3) is 0 Å². The predicted molar refractivity (Wildman–Crippen MR) is 156 cm³/mol. The number of para-hydroxylation sites is 1. The Balaban J connectivity index is 0.00000423. The molecule has 3 atom stereocenters. The van der Waals surface area contributed by atoms with Gasteiger partial charge in [-0.1, -0.05) is 56.3 Å². The van der Waals surface area contributed by atoms with Crippen LogP contribution in [-0.4, -0.2) is 46.7 Å². The number of fused-ring (bicyclic) bond motifs is 6. The Hall–Kier alpha value is -3.34. The first-order chi connectivity index (χ1) is 20.0. The molecule has 0 bridgehead atoms. The molecular formula is C33H32FN2NaO6. The van der Waals surface area contributed by atoms with Crippen LogP contribution in [0, 0.1) is 11.7 Å². The van der Waals surface area contributed by atoms with Gasteiger partial charge in [0.05, 0.1) is 17.9 Å². The van der Waals surface area contributed by atoms with Crippen molar-refractivity contribution in [2.45, 2.75) is 50.7 Å². The molecule has 3 N–H and O–H groups in total. The second-order valence-electron chi connectivity index (χ2n) is 11.1. The standard InChI is InChI=1S/C33H33FN2O6.Na/c1-19(2)33(31(41)35-21-8-4-3-5-9-21)29-25-11-7-6-10-24(25)27-16-20(34)12-13-26(27)30(29)36(32(33)42)15-14-22(37)17-23(38)18-28(39)40;/h3-13,16,19,22-23,37-38H,14-15,17-18H2,1-2H3,(H,35,41)(H,39,40);/q;+1/p-1/t22-,23-,33?;/m1./s1. The summed E-state index contributed by atoms with van der Waals surface area (Å²) in [6.45, 7) is 3.60. The number of hydrogen-bond acceptors (Lipinski definition) is 6. The number of benzene rings is 4. The number of anilines is 2. The minimum atomic E-state index is -1.66. The fourth-order valence-electron chi connectivity index (χ4n) is 6.20. The molecule has 0 aromatic heterocycles. The number of carbonyl (C=O) groups is 3. The van der Waals surface area contributed by atoms with Crippen LogP contribution < -0.4 is 44.9 Å². The Morgan fingerprint density at radius 2 is 1.58 bits per heavy atom. The van der Waals surface area contributed by atoms with Gasteiger partial charge in [-0.15, -0.1) is 0 Å². The maximum atomic E-state index is 14.7. The summed E-state index contributed by atoms with van der Waals surface area (Å²) < 4.78 is 14.6. The van der Waals surface area contributed by atoms with Gasteiger partial charge < -0.3 is 30.3 Å². The van der Waals surface area contributed by atoms with Crippen molar-refractivity contribution >= 4 is 50.7 Å². The van der Waals surface area contributed by atoms with Crippen LogP contribution in [0.15, 0.2) is 72.8 Å². The number of carboxylic acids is 1. The number of hydrogen-bond donors (Lipinski definition) is 3. The summed E-state index contributed by atoms with van der Waals surface area (Å²) in [4.78, 5) is 41.3. The van der Waals surface area contributed by atoms with E-state index in [-0.39, 0.29) is 48.9 Å². The molecule has 4 aromatic carbocycles. The molecule has 218 valence electrons. The number of nitrogens with one attached hydrogen (secondary N) is 1. The molecule has 8 nitrogen and oxygen atoms in total. The molecule has 5 rings (SSSR count). The van der Waals surface area contributed by atoms with Gasteiger partial charge in [-0.2, -0.15) is 0 Å². The van der Waals surface area contributed by atoms with E-state index in [1.54, 1.807) is 30.3 Å². The van der Waals surface area contributed by atoms with Crippen molar-refractivity contribution in [3.63, 3.8) is 0 Å². The predicted octanol–water partition coefficient (Wildman–Crippen LogP) is 0.657. The first-order valence-electron chi connectivity index (χ1n) is 13.9. The van der Waals surface area contributed by atoms with Crippen LogP contribution in [-0.2, 0) is 19.8 Å². The molecule has 1 unspecified atom stereocenters. The van der Waals surface area contributed by atoms with Crippen molar-refractivity contribution in [3.8, 4) is 0 Å². The molecule has 1 aliphatic rings. The molecule has 0 radical (unpaired) electrons. The summed E-state index contributed by atoms with van der Waals surface area (Å²) in [6.07, 6.45) is -3.30. The summed E-state index contributed by atoms with van der Waals surface area (Å²) in [7, 11) is 0. The number of aliphatic hydroxyl groups excluding tert-OH is 2. The summed E-state index contributed by atoms with van der Waals surface area (Å²) in [5, 5.41) is 36.9. The smallest absolute Gasteiger partial charge is 0.550 e. The number of carboxylic acid groups (broad SMARTS) is 1. The van der Waals surface area contributed by atoms with Gasteiger partial charge in [-0.05, 0) is 65.3 Å². The van der Waals surface area contributed by atoms with Crippen LogP contribution in [0.25, 0.3) is 21.5 Å². The second kappa shape index (κ2) is 13.1. The van der Waals surface area contributed by atoms with Gasteiger partial charge in [0, 0.05) is 35.6 Å². The van der Waals surface area contributed by atoms with Crippen molar-refractivity contribution in [3.05, 3.63) is 84.2 Å². The average Bonchev–Trinajstić information content (AvgIpc) is 3.21. The van der Waals surface area contributed by atoms with Crippen LogP contribution in [0.2, 0.25) is 0 Å². The Morgan fingerprint density at radius 3 is 2.23 bits per heavy atom. The fourth-order valence-corrected chi connectivity index (χ4v) is 6.20. The van der Waals surface area contributed by atoms with Gasteiger partial charge in [0.15, 0.2) is 5.41 Å². The summed E-state index contributed by atoms with van der Waals surface area (Å²) in [5.41, 5.74) is -0.155. The van der Waals surface area contributed by atoms with Gasteiger partial charge in [-0.25, -0.2) is 4.39 Å². The van der Waals surface area contributed by atoms with E-state index in [0.29, 0.717) is 38.5 Å². The number of rotatable bonds is 10. The first-order valence-corrected chi connectivity index (χ1v) is 13.9. The number of carbonyl (C=O) groups excluding carboxylic acids is 3. The van der Waals surface area contributed by atoms with E-state index in [1.807, 2.05) is 44.2 Å². The Morgan fingerprint density at radius 1 is 0.930 bits per heavy atom. The number of aliphatic carboxylic acids is 1. The largest absolute Gasteiger partial charge is 1.00 e. The van der Waals surface area contributed by atoms with Crippen molar-refractivity contribution in [1.82, 2.24) is 0 Å². The van der Waals surface area contributed by atoms with Gasteiger partial charge >= 0.3 is 29.6 Å². The molecule has 0 aliphatic carbocycles. The zero-order valence-corrected chi connectivity index (χ0v) is 26.3. The molecular weight excluding hydrogens is 562 g/mol. The number of nitrogens with zero attached hydrogens (tertiary/aromatic N) is 1. The third-order valence-corrected chi connectivity index (χ3v) is 8.10. The molecule has 10 heteroatoms. The molecule has 1 heterocycles. The normalized spacial score (nSPS) is 17.5.